The minimum Gasteiger partial charge on any atom is -0.439 e. The van der Waals surface area contributed by atoms with Crippen LogP contribution in [0.5, 0.6) is 0 Å². The summed E-state index contributed by atoms with van der Waals surface area (Å²) >= 11 is 0. The van der Waals surface area contributed by atoms with Crippen LogP contribution in [0, 0.1) is 6.92 Å². The maximum atomic E-state index is 5.93. The SMILES string of the molecule is CCc1ccc(NC(N)=NCc2ncc(-c3ccc(C)cc3)o2)cc1.I. The number of guanidine groups is 1. The van der Waals surface area contributed by atoms with Crippen molar-refractivity contribution in [2.75, 3.05) is 5.32 Å². The molecule has 5 nitrogen and oxygen atoms in total. The molecule has 1 aromatic heterocycles. The Balaban J connectivity index is 0.00000243. The number of hydrogen-bond donors (Lipinski definition) is 2. The zero-order valence-electron chi connectivity index (χ0n) is 14.9. The Morgan fingerprint density at radius 1 is 1.12 bits per heavy atom. The van der Waals surface area contributed by atoms with Gasteiger partial charge in [-0.1, -0.05) is 48.9 Å². The molecular formula is C20H23IN4O. The smallest absolute Gasteiger partial charge is 0.216 e. The molecule has 3 aromatic rings. The van der Waals surface area contributed by atoms with Crippen LogP contribution in [0.2, 0.25) is 0 Å². The number of nitrogens with one attached hydrogen (secondary N) is 1. The summed E-state index contributed by atoms with van der Waals surface area (Å²) in [6, 6.07) is 16.2. The van der Waals surface area contributed by atoms with Crippen molar-refractivity contribution in [2.24, 2.45) is 10.7 Å². The summed E-state index contributed by atoms with van der Waals surface area (Å²) < 4.78 is 5.74. The average molecular weight is 462 g/mol. The van der Waals surface area contributed by atoms with Crippen LogP contribution in [0.15, 0.2) is 64.1 Å². The lowest BCUT2D eigenvalue weighted by atomic mass is 10.1. The summed E-state index contributed by atoms with van der Waals surface area (Å²) in [7, 11) is 0. The van der Waals surface area contributed by atoms with Gasteiger partial charge < -0.3 is 15.5 Å². The van der Waals surface area contributed by atoms with Gasteiger partial charge in [-0.05, 0) is 31.0 Å². The predicted molar refractivity (Wildman–Crippen MR) is 117 cm³/mol. The molecule has 0 radical (unpaired) electrons. The summed E-state index contributed by atoms with van der Waals surface area (Å²) in [5.41, 5.74) is 10.3. The van der Waals surface area contributed by atoms with E-state index in [0.29, 0.717) is 11.9 Å². The Hall–Kier alpha value is -2.35. The number of aromatic nitrogens is 1. The zero-order chi connectivity index (χ0) is 17.6. The van der Waals surface area contributed by atoms with E-state index in [0.717, 1.165) is 23.4 Å². The van der Waals surface area contributed by atoms with Gasteiger partial charge in [0.05, 0.1) is 6.20 Å². The Labute approximate surface area is 170 Å². The largest absolute Gasteiger partial charge is 0.439 e. The topological polar surface area (TPSA) is 76.4 Å². The highest BCUT2D eigenvalue weighted by atomic mass is 127. The normalized spacial score (nSPS) is 11.1. The van der Waals surface area contributed by atoms with Gasteiger partial charge in [0.1, 0.15) is 6.54 Å². The van der Waals surface area contributed by atoms with Gasteiger partial charge in [-0.15, -0.1) is 24.0 Å². The molecule has 0 saturated carbocycles. The number of nitrogens with zero attached hydrogens (tertiary/aromatic N) is 2. The molecule has 0 saturated heterocycles. The number of aryl methyl sites for hydroxylation is 2. The van der Waals surface area contributed by atoms with Gasteiger partial charge in [-0.25, -0.2) is 9.98 Å². The molecule has 26 heavy (non-hydrogen) atoms. The first-order chi connectivity index (χ1) is 12.1. The predicted octanol–water partition coefficient (Wildman–Crippen LogP) is 4.76. The highest BCUT2D eigenvalue weighted by Crippen LogP contribution is 2.21. The van der Waals surface area contributed by atoms with Crippen molar-refractivity contribution in [3.05, 3.63) is 71.7 Å². The molecule has 0 fully saturated rings. The van der Waals surface area contributed by atoms with Crippen LogP contribution in [0.25, 0.3) is 11.3 Å². The highest BCUT2D eigenvalue weighted by Gasteiger charge is 2.06. The van der Waals surface area contributed by atoms with Gasteiger partial charge in [-0.3, -0.25) is 0 Å². The standard InChI is InChI=1S/C20H22N4O.HI/c1-3-15-6-10-17(11-7-15)24-20(21)23-13-19-22-12-18(25-19)16-8-4-14(2)5-9-16;/h4-12H,3,13H2,1-2H3,(H3,21,23,24);1H. The van der Waals surface area contributed by atoms with Crippen LogP contribution >= 0.6 is 24.0 Å². The van der Waals surface area contributed by atoms with Crippen LogP contribution in [-0.2, 0) is 13.0 Å². The quantitative estimate of drug-likeness (QED) is 0.326. The van der Waals surface area contributed by atoms with Crippen LogP contribution in [-0.4, -0.2) is 10.9 Å². The number of nitrogens with two attached hydrogens (primary N) is 1. The molecule has 2 aromatic carbocycles. The third-order valence-corrected chi connectivity index (χ3v) is 3.91. The number of benzene rings is 2. The van der Waals surface area contributed by atoms with Crippen molar-refractivity contribution in [1.29, 1.82) is 0 Å². The molecule has 3 rings (SSSR count). The molecule has 6 heteroatoms. The monoisotopic (exact) mass is 462 g/mol. The molecule has 0 aliphatic rings. The minimum atomic E-state index is 0. The summed E-state index contributed by atoms with van der Waals surface area (Å²) in [6.07, 6.45) is 2.72. The first-order valence-electron chi connectivity index (χ1n) is 8.31. The van der Waals surface area contributed by atoms with Gasteiger partial charge in [0.2, 0.25) is 5.89 Å². The van der Waals surface area contributed by atoms with Crippen molar-refractivity contribution >= 4 is 35.6 Å². The molecule has 0 bridgehead atoms. The number of oxazole rings is 1. The lowest BCUT2D eigenvalue weighted by molar-refractivity contribution is 0.510. The maximum Gasteiger partial charge on any atom is 0.216 e. The summed E-state index contributed by atoms with van der Waals surface area (Å²) in [4.78, 5) is 8.54. The number of rotatable bonds is 5. The average Bonchev–Trinajstić information content (AvgIpc) is 3.10. The van der Waals surface area contributed by atoms with E-state index in [2.05, 4.69) is 41.3 Å². The minimum absolute atomic E-state index is 0. The van der Waals surface area contributed by atoms with Crippen molar-refractivity contribution < 1.29 is 4.42 Å². The lowest BCUT2D eigenvalue weighted by Gasteiger charge is -2.05. The zero-order valence-corrected chi connectivity index (χ0v) is 17.2. The van der Waals surface area contributed by atoms with Gasteiger partial charge in [-0.2, -0.15) is 0 Å². The summed E-state index contributed by atoms with van der Waals surface area (Å²) in [6.45, 7) is 4.47. The molecule has 0 aliphatic heterocycles. The first kappa shape index (κ1) is 20.0. The van der Waals surface area contributed by atoms with E-state index in [1.54, 1.807) is 6.20 Å². The summed E-state index contributed by atoms with van der Waals surface area (Å²) in [5, 5.41) is 3.07. The third kappa shape index (κ3) is 5.32. The lowest BCUT2D eigenvalue weighted by Crippen LogP contribution is -2.22. The third-order valence-electron chi connectivity index (χ3n) is 3.91. The van der Waals surface area contributed by atoms with Gasteiger partial charge in [0.25, 0.3) is 0 Å². The van der Waals surface area contributed by atoms with Crippen molar-refractivity contribution in [3.63, 3.8) is 0 Å². The van der Waals surface area contributed by atoms with E-state index in [-0.39, 0.29) is 30.5 Å². The fraction of sp³-hybridized carbons (Fsp3) is 0.200. The molecule has 0 aliphatic carbocycles. The van der Waals surface area contributed by atoms with Crippen LogP contribution in [0.1, 0.15) is 23.9 Å². The van der Waals surface area contributed by atoms with Crippen molar-refractivity contribution in [2.45, 2.75) is 26.8 Å². The van der Waals surface area contributed by atoms with Gasteiger partial charge in [0.15, 0.2) is 11.7 Å². The fourth-order valence-corrected chi connectivity index (χ4v) is 2.40. The fourth-order valence-electron chi connectivity index (χ4n) is 2.40. The number of halogens is 1. The van der Waals surface area contributed by atoms with E-state index >= 15 is 0 Å². The van der Waals surface area contributed by atoms with E-state index in [1.807, 2.05) is 36.4 Å². The van der Waals surface area contributed by atoms with Crippen LogP contribution in [0.4, 0.5) is 5.69 Å². The molecule has 0 amide bonds. The molecule has 1 heterocycles. The number of hydrogen-bond acceptors (Lipinski definition) is 3. The Morgan fingerprint density at radius 3 is 2.46 bits per heavy atom. The van der Waals surface area contributed by atoms with E-state index in [1.165, 1.54) is 11.1 Å². The molecule has 3 N–H and O–H groups in total. The molecule has 0 unspecified atom stereocenters. The van der Waals surface area contributed by atoms with Gasteiger partial charge in [0, 0.05) is 11.3 Å². The molecular weight excluding hydrogens is 439 g/mol. The second kappa shape index (κ2) is 9.38. The Bertz CT molecular complexity index is 854. The van der Waals surface area contributed by atoms with Crippen LogP contribution < -0.4 is 11.1 Å². The number of aliphatic imine (C=N–C) groups is 1. The van der Waals surface area contributed by atoms with E-state index in [4.69, 9.17) is 10.2 Å². The van der Waals surface area contributed by atoms with Gasteiger partial charge >= 0.3 is 0 Å². The highest BCUT2D eigenvalue weighted by molar-refractivity contribution is 14.0. The second-order valence-corrected chi connectivity index (χ2v) is 5.86. The Morgan fingerprint density at radius 2 is 1.81 bits per heavy atom. The Kier molecular flexibility index (Phi) is 7.20. The molecule has 0 spiro atoms. The molecule has 0 atom stereocenters. The maximum absolute atomic E-state index is 5.93. The second-order valence-electron chi connectivity index (χ2n) is 5.86. The number of anilines is 1. The van der Waals surface area contributed by atoms with E-state index in [9.17, 15) is 0 Å². The van der Waals surface area contributed by atoms with Crippen molar-refractivity contribution in [3.8, 4) is 11.3 Å². The van der Waals surface area contributed by atoms with E-state index < -0.39 is 0 Å². The molecule has 136 valence electrons. The van der Waals surface area contributed by atoms with Crippen LogP contribution in [0.3, 0.4) is 0 Å². The van der Waals surface area contributed by atoms with Crippen molar-refractivity contribution in [1.82, 2.24) is 4.98 Å². The first-order valence-corrected chi connectivity index (χ1v) is 8.31. The summed E-state index contributed by atoms with van der Waals surface area (Å²) in [5.74, 6) is 1.59.